The summed E-state index contributed by atoms with van der Waals surface area (Å²) in [5.41, 5.74) is 0.738. The van der Waals surface area contributed by atoms with Gasteiger partial charge in [0.05, 0.1) is 11.4 Å². The quantitative estimate of drug-likeness (QED) is 0.725. The van der Waals surface area contributed by atoms with E-state index in [2.05, 4.69) is 11.9 Å². The van der Waals surface area contributed by atoms with Crippen LogP contribution in [0.25, 0.3) is 11.0 Å². The topological polar surface area (TPSA) is 17.8 Å². The lowest BCUT2D eigenvalue weighted by molar-refractivity contribution is 0.429. The van der Waals surface area contributed by atoms with Crippen LogP contribution in [0.2, 0.25) is 0 Å². The maximum absolute atomic E-state index is 13.9. The number of halogens is 3. The number of aromatic nitrogens is 2. The van der Waals surface area contributed by atoms with E-state index in [1.165, 1.54) is 18.9 Å². The standard InChI is InChI=1S/C15H17ClF2N2/c1-2-11(5-9-3-4-9)20-13-7-10(17)6-12(18)15(13)19-14(20)8-16/h6-7,9,11H,2-5,8H2,1H3. The molecular weight excluding hydrogens is 282 g/mol. The summed E-state index contributed by atoms with van der Waals surface area (Å²) in [6, 6.07) is 2.44. The first-order valence-corrected chi connectivity index (χ1v) is 7.59. The summed E-state index contributed by atoms with van der Waals surface area (Å²) in [5.74, 6) is 0.374. The van der Waals surface area contributed by atoms with Crippen molar-refractivity contribution < 1.29 is 8.78 Å². The largest absolute Gasteiger partial charge is 0.324 e. The molecule has 1 saturated carbocycles. The third kappa shape index (κ3) is 2.41. The van der Waals surface area contributed by atoms with Crippen LogP contribution in [-0.4, -0.2) is 9.55 Å². The average molecular weight is 299 g/mol. The molecule has 3 rings (SSSR count). The summed E-state index contributed by atoms with van der Waals surface area (Å²) in [5, 5.41) is 0. The second-order valence-electron chi connectivity index (χ2n) is 5.53. The van der Waals surface area contributed by atoms with Crippen molar-refractivity contribution in [3.8, 4) is 0 Å². The number of fused-ring (bicyclic) bond motifs is 1. The van der Waals surface area contributed by atoms with E-state index in [-0.39, 0.29) is 17.4 Å². The molecule has 1 aliphatic rings. The molecule has 2 aromatic rings. The molecule has 0 radical (unpaired) electrons. The van der Waals surface area contributed by atoms with E-state index in [4.69, 9.17) is 11.6 Å². The highest BCUT2D eigenvalue weighted by molar-refractivity contribution is 6.16. The van der Waals surface area contributed by atoms with Gasteiger partial charge in [0.2, 0.25) is 0 Å². The van der Waals surface area contributed by atoms with Gasteiger partial charge in [-0.15, -0.1) is 11.6 Å². The summed E-state index contributed by atoms with van der Waals surface area (Å²) in [6.07, 6.45) is 4.44. The Morgan fingerprint density at radius 2 is 2.15 bits per heavy atom. The van der Waals surface area contributed by atoms with Crippen molar-refractivity contribution in [2.24, 2.45) is 5.92 Å². The molecule has 0 amide bonds. The van der Waals surface area contributed by atoms with E-state index < -0.39 is 11.6 Å². The normalized spacial score (nSPS) is 16.8. The number of rotatable bonds is 5. The van der Waals surface area contributed by atoms with Crippen molar-refractivity contribution in [3.63, 3.8) is 0 Å². The maximum Gasteiger partial charge on any atom is 0.153 e. The molecular formula is C15H17ClF2N2. The zero-order valence-electron chi connectivity index (χ0n) is 11.4. The van der Waals surface area contributed by atoms with Crippen molar-refractivity contribution in [3.05, 3.63) is 29.6 Å². The summed E-state index contributed by atoms with van der Waals surface area (Å²) in [4.78, 5) is 4.26. The summed E-state index contributed by atoms with van der Waals surface area (Å²) in [7, 11) is 0. The lowest BCUT2D eigenvalue weighted by Gasteiger charge is -2.20. The van der Waals surface area contributed by atoms with Gasteiger partial charge >= 0.3 is 0 Å². The molecule has 1 fully saturated rings. The van der Waals surface area contributed by atoms with Crippen molar-refractivity contribution >= 4 is 22.6 Å². The average Bonchev–Trinajstić information content (AvgIpc) is 3.16. The summed E-state index contributed by atoms with van der Waals surface area (Å²) >= 11 is 5.95. The molecule has 1 aromatic heterocycles. The minimum atomic E-state index is -0.619. The van der Waals surface area contributed by atoms with Gasteiger partial charge < -0.3 is 4.57 Å². The van der Waals surface area contributed by atoms with Gasteiger partial charge in [0.15, 0.2) is 5.82 Å². The van der Waals surface area contributed by atoms with Gasteiger partial charge in [-0.3, -0.25) is 0 Å². The fraction of sp³-hybridized carbons (Fsp3) is 0.533. The van der Waals surface area contributed by atoms with Crippen LogP contribution in [0.4, 0.5) is 8.78 Å². The number of hydrogen-bond acceptors (Lipinski definition) is 1. The third-order valence-corrected chi connectivity index (χ3v) is 4.28. The summed E-state index contributed by atoms with van der Waals surface area (Å²) in [6.45, 7) is 2.09. The zero-order valence-corrected chi connectivity index (χ0v) is 12.1. The molecule has 1 heterocycles. The Balaban J connectivity index is 2.14. The molecule has 0 saturated heterocycles. The fourth-order valence-electron chi connectivity index (χ4n) is 2.86. The van der Waals surface area contributed by atoms with Crippen molar-refractivity contribution in [2.45, 2.75) is 44.5 Å². The van der Waals surface area contributed by atoms with Gasteiger partial charge in [-0.2, -0.15) is 0 Å². The molecule has 108 valence electrons. The van der Waals surface area contributed by atoms with Crippen LogP contribution < -0.4 is 0 Å². The van der Waals surface area contributed by atoms with E-state index >= 15 is 0 Å². The Labute approximate surface area is 121 Å². The van der Waals surface area contributed by atoms with E-state index in [9.17, 15) is 8.78 Å². The molecule has 1 aliphatic carbocycles. The van der Waals surface area contributed by atoms with E-state index in [1.54, 1.807) is 0 Å². The van der Waals surface area contributed by atoms with E-state index in [1.807, 2.05) is 4.57 Å². The number of benzene rings is 1. The number of nitrogens with zero attached hydrogens (tertiary/aromatic N) is 2. The molecule has 5 heteroatoms. The molecule has 0 bridgehead atoms. The van der Waals surface area contributed by atoms with Crippen LogP contribution >= 0.6 is 11.6 Å². The minimum absolute atomic E-state index is 0.205. The van der Waals surface area contributed by atoms with E-state index in [0.717, 1.165) is 24.8 Å². The molecule has 0 aliphatic heterocycles. The van der Waals surface area contributed by atoms with Crippen LogP contribution in [0, 0.1) is 17.6 Å². The van der Waals surface area contributed by atoms with Crippen molar-refractivity contribution in [1.29, 1.82) is 0 Å². The molecule has 20 heavy (non-hydrogen) atoms. The SMILES string of the molecule is CCC(CC1CC1)n1c(CCl)nc2c(F)cc(F)cc21. The van der Waals surface area contributed by atoms with Crippen LogP contribution in [0.15, 0.2) is 12.1 Å². The highest BCUT2D eigenvalue weighted by atomic mass is 35.5. The Bertz CT molecular complexity index is 634. The second-order valence-corrected chi connectivity index (χ2v) is 5.80. The van der Waals surface area contributed by atoms with Crippen molar-refractivity contribution in [2.75, 3.05) is 0 Å². The molecule has 2 nitrogen and oxygen atoms in total. The molecule has 1 atom stereocenters. The number of alkyl halides is 1. The Morgan fingerprint density at radius 1 is 1.40 bits per heavy atom. The number of imidazole rings is 1. The minimum Gasteiger partial charge on any atom is -0.324 e. The smallest absolute Gasteiger partial charge is 0.153 e. The monoisotopic (exact) mass is 298 g/mol. The first-order valence-electron chi connectivity index (χ1n) is 7.05. The lowest BCUT2D eigenvalue weighted by Crippen LogP contribution is -2.12. The molecule has 0 N–H and O–H groups in total. The Hall–Kier alpha value is -1.16. The Morgan fingerprint density at radius 3 is 2.75 bits per heavy atom. The van der Waals surface area contributed by atoms with Gasteiger partial charge in [-0.1, -0.05) is 19.8 Å². The molecule has 0 spiro atoms. The van der Waals surface area contributed by atoms with Gasteiger partial charge in [-0.25, -0.2) is 13.8 Å². The van der Waals surface area contributed by atoms with Crippen LogP contribution in [0.1, 0.15) is 44.5 Å². The highest BCUT2D eigenvalue weighted by Gasteiger charge is 2.28. The van der Waals surface area contributed by atoms with Crippen LogP contribution in [-0.2, 0) is 5.88 Å². The maximum atomic E-state index is 13.9. The van der Waals surface area contributed by atoms with Gasteiger partial charge in [0, 0.05) is 12.1 Å². The van der Waals surface area contributed by atoms with Crippen molar-refractivity contribution in [1.82, 2.24) is 9.55 Å². The van der Waals surface area contributed by atoms with Crippen LogP contribution in [0.5, 0.6) is 0 Å². The van der Waals surface area contributed by atoms with E-state index in [0.29, 0.717) is 11.3 Å². The number of hydrogen-bond donors (Lipinski definition) is 0. The molecule has 1 aromatic carbocycles. The predicted octanol–water partition coefficient (Wildman–Crippen LogP) is 4.80. The lowest BCUT2D eigenvalue weighted by atomic mass is 10.1. The highest BCUT2D eigenvalue weighted by Crippen LogP contribution is 2.39. The first kappa shape index (κ1) is 13.8. The predicted molar refractivity (Wildman–Crippen MR) is 75.9 cm³/mol. The molecule has 1 unspecified atom stereocenters. The third-order valence-electron chi connectivity index (χ3n) is 4.04. The fourth-order valence-corrected chi connectivity index (χ4v) is 3.05. The van der Waals surface area contributed by atoms with Gasteiger partial charge in [0.1, 0.15) is 17.2 Å². The Kier molecular flexibility index (Phi) is 3.67. The van der Waals surface area contributed by atoms with Crippen LogP contribution in [0.3, 0.4) is 0 Å². The zero-order chi connectivity index (χ0) is 14.3. The first-order chi connectivity index (χ1) is 9.63. The van der Waals surface area contributed by atoms with Gasteiger partial charge in [0.25, 0.3) is 0 Å². The second kappa shape index (κ2) is 5.32. The van der Waals surface area contributed by atoms with Gasteiger partial charge in [-0.05, 0) is 24.8 Å². The summed E-state index contributed by atoms with van der Waals surface area (Å²) < 4.78 is 29.3.